The summed E-state index contributed by atoms with van der Waals surface area (Å²) in [4.78, 5) is 23.8. The summed E-state index contributed by atoms with van der Waals surface area (Å²) in [5.41, 5.74) is 0.0674. The zero-order valence-electron chi connectivity index (χ0n) is 8.84. The zero-order chi connectivity index (χ0) is 11.7. The van der Waals surface area contributed by atoms with E-state index >= 15 is 0 Å². The molecule has 5 nitrogen and oxygen atoms in total. The number of thioether (sulfide) groups is 1. The molecule has 0 saturated heterocycles. The lowest BCUT2D eigenvalue weighted by atomic mass is 10.3. The van der Waals surface area contributed by atoms with Crippen LogP contribution in [0, 0.1) is 0 Å². The van der Waals surface area contributed by atoms with Gasteiger partial charge in [-0.2, -0.15) is 0 Å². The summed E-state index contributed by atoms with van der Waals surface area (Å²) in [5, 5.41) is 0. The highest BCUT2D eigenvalue weighted by molar-refractivity contribution is 7.98. The Morgan fingerprint density at radius 1 is 1.31 bits per heavy atom. The Kier molecular flexibility index (Phi) is 2.74. The first-order valence-electron chi connectivity index (χ1n) is 4.57. The molecule has 0 atom stereocenters. The second-order valence-electron chi connectivity index (χ2n) is 3.19. The standard InChI is InChI=1S/C10H10N2O3S/c1-11-9(13)12(15-10(11)14)7-4-3-5-8(6-7)16-2/h3-6H,1-2H3. The molecule has 16 heavy (non-hydrogen) atoms. The highest BCUT2D eigenvalue weighted by Gasteiger charge is 2.09. The predicted octanol–water partition coefficient (Wildman–Crippen LogP) is 0.851. The Hall–Kier alpha value is -1.69. The van der Waals surface area contributed by atoms with E-state index in [1.54, 1.807) is 30.0 Å². The van der Waals surface area contributed by atoms with Gasteiger partial charge < -0.3 is 4.52 Å². The van der Waals surface area contributed by atoms with Crippen LogP contribution < -0.4 is 11.4 Å². The second kappa shape index (κ2) is 4.05. The summed E-state index contributed by atoms with van der Waals surface area (Å²) in [5.74, 6) is -0.667. The van der Waals surface area contributed by atoms with Crippen molar-refractivity contribution in [3.8, 4) is 5.69 Å². The molecule has 1 aromatic carbocycles. The molecule has 0 unspecified atom stereocenters. The lowest BCUT2D eigenvalue weighted by Gasteiger charge is -2.00. The van der Waals surface area contributed by atoms with Crippen LogP contribution in [0.1, 0.15) is 0 Å². The summed E-state index contributed by atoms with van der Waals surface area (Å²) in [6.07, 6.45) is 1.93. The van der Waals surface area contributed by atoms with Gasteiger partial charge in [0.05, 0.1) is 5.69 Å². The third kappa shape index (κ3) is 1.71. The smallest absolute Gasteiger partial charge is 0.312 e. The first-order chi connectivity index (χ1) is 7.63. The number of aromatic nitrogens is 2. The van der Waals surface area contributed by atoms with Crippen LogP contribution in [0.4, 0.5) is 0 Å². The van der Waals surface area contributed by atoms with Crippen molar-refractivity contribution in [2.24, 2.45) is 7.05 Å². The molecule has 0 spiro atoms. The quantitative estimate of drug-likeness (QED) is 0.728. The molecule has 0 aliphatic rings. The van der Waals surface area contributed by atoms with E-state index in [-0.39, 0.29) is 0 Å². The van der Waals surface area contributed by atoms with Gasteiger partial charge >= 0.3 is 11.4 Å². The van der Waals surface area contributed by atoms with Gasteiger partial charge in [0.15, 0.2) is 0 Å². The van der Waals surface area contributed by atoms with Crippen molar-refractivity contribution in [1.82, 2.24) is 9.31 Å². The lowest BCUT2D eigenvalue weighted by Crippen LogP contribution is -2.25. The third-order valence-corrected chi connectivity index (χ3v) is 2.92. The number of nitrogens with zero attached hydrogens (tertiary/aromatic N) is 2. The Bertz CT molecular complexity index is 623. The van der Waals surface area contributed by atoms with Gasteiger partial charge in [-0.15, -0.1) is 16.5 Å². The van der Waals surface area contributed by atoms with Crippen LogP contribution in [0.25, 0.3) is 5.69 Å². The third-order valence-electron chi connectivity index (χ3n) is 2.19. The summed E-state index contributed by atoms with van der Waals surface area (Å²) < 4.78 is 6.74. The highest BCUT2D eigenvalue weighted by atomic mass is 32.2. The van der Waals surface area contributed by atoms with Gasteiger partial charge in [-0.1, -0.05) is 6.07 Å². The van der Waals surface area contributed by atoms with Crippen LogP contribution in [0.2, 0.25) is 0 Å². The minimum Gasteiger partial charge on any atom is -0.312 e. The molecule has 6 heteroatoms. The summed E-state index contributed by atoms with van der Waals surface area (Å²) in [7, 11) is 1.38. The van der Waals surface area contributed by atoms with Crippen molar-refractivity contribution in [1.29, 1.82) is 0 Å². The number of hydrogen-bond donors (Lipinski definition) is 0. The molecule has 0 aliphatic carbocycles. The molecule has 0 radical (unpaired) electrons. The van der Waals surface area contributed by atoms with Crippen LogP contribution >= 0.6 is 11.8 Å². The van der Waals surface area contributed by atoms with Crippen molar-refractivity contribution >= 4 is 11.8 Å². The van der Waals surface area contributed by atoms with Crippen molar-refractivity contribution in [3.05, 3.63) is 45.3 Å². The average molecular weight is 238 g/mol. The topological polar surface area (TPSA) is 57.1 Å². The van der Waals surface area contributed by atoms with Gasteiger partial charge in [0.2, 0.25) is 0 Å². The number of benzene rings is 1. The summed E-state index contributed by atoms with van der Waals surface area (Å²) in [6.45, 7) is 0. The highest BCUT2D eigenvalue weighted by Crippen LogP contribution is 2.17. The fraction of sp³-hybridized carbons (Fsp3) is 0.200. The molecule has 2 aromatic rings. The number of rotatable bonds is 2. The van der Waals surface area contributed by atoms with E-state index in [1.165, 1.54) is 7.05 Å². The molecule has 84 valence electrons. The van der Waals surface area contributed by atoms with E-state index in [9.17, 15) is 9.59 Å². The van der Waals surface area contributed by atoms with Crippen LogP contribution in [0.3, 0.4) is 0 Å². The van der Waals surface area contributed by atoms with Gasteiger partial charge in [0.25, 0.3) is 0 Å². The van der Waals surface area contributed by atoms with E-state index < -0.39 is 11.4 Å². The van der Waals surface area contributed by atoms with Crippen molar-refractivity contribution < 1.29 is 4.52 Å². The maximum absolute atomic E-state index is 11.6. The Morgan fingerprint density at radius 2 is 2.06 bits per heavy atom. The second-order valence-corrected chi connectivity index (χ2v) is 4.07. The van der Waals surface area contributed by atoms with Crippen LogP contribution in [-0.4, -0.2) is 15.6 Å². The van der Waals surface area contributed by atoms with Crippen molar-refractivity contribution in [2.45, 2.75) is 4.90 Å². The molecule has 0 fully saturated rings. The fourth-order valence-electron chi connectivity index (χ4n) is 1.29. The van der Waals surface area contributed by atoms with Crippen LogP contribution in [0.15, 0.2) is 43.3 Å². The van der Waals surface area contributed by atoms with Crippen molar-refractivity contribution in [3.63, 3.8) is 0 Å². The average Bonchev–Trinajstić information content (AvgIpc) is 2.57. The van der Waals surface area contributed by atoms with E-state index in [4.69, 9.17) is 4.52 Å². The monoisotopic (exact) mass is 238 g/mol. The van der Waals surface area contributed by atoms with E-state index in [2.05, 4.69) is 0 Å². The van der Waals surface area contributed by atoms with Crippen LogP contribution in [0.5, 0.6) is 0 Å². The molecular formula is C10H10N2O3S. The Morgan fingerprint density at radius 3 is 2.62 bits per heavy atom. The summed E-state index contributed by atoms with van der Waals surface area (Å²) in [6, 6.07) is 7.22. The first kappa shape index (κ1) is 10.8. The first-order valence-corrected chi connectivity index (χ1v) is 5.80. The normalized spacial score (nSPS) is 10.6. The van der Waals surface area contributed by atoms with Gasteiger partial charge in [-0.25, -0.2) is 14.2 Å². The summed E-state index contributed by atoms with van der Waals surface area (Å²) >= 11 is 1.55. The molecule has 1 aromatic heterocycles. The zero-order valence-corrected chi connectivity index (χ0v) is 9.65. The van der Waals surface area contributed by atoms with Gasteiger partial charge in [0, 0.05) is 11.9 Å². The van der Waals surface area contributed by atoms with Crippen molar-refractivity contribution in [2.75, 3.05) is 6.26 Å². The van der Waals surface area contributed by atoms with E-state index in [0.29, 0.717) is 5.69 Å². The number of hydrogen-bond acceptors (Lipinski definition) is 4. The van der Waals surface area contributed by atoms with Gasteiger partial charge in [0.1, 0.15) is 0 Å². The minimum atomic E-state index is -0.667. The maximum Gasteiger partial charge on any atom is 0.442 e. The van der Waals surface area contributed by atoms with Crippen LogP contribution in [-0.2, 0) is 7.05 Å². The molecular weight excluding hydrogens is 228 g/mol. The lowest BCUT2D eigenvalue weighted by molar-refractivity contribution is 0.312. The predicted molar refractivity (Wildman–Crippen MR) is 61.3 cm³/mol. The Labute approximate surface area is 95.3 Å². The SMILES string of the molecule is CSc1cccc(-n2oc(=O)n(C)c2=O)c1. The van der Waals surface area contributed by atoms with Gasteiger partial charge in [-0.3, -0.25) is 0 Å². The van der Waals surface area contributed by atoms with Gasteiger partial charge in [-0.05, 0) is 24.5 Å². The van der Waals surface area contributed by atoms with E-state index in [1.807, 2.05) is 12.3 Å². The minimum absolute atomic E-state index is 0.483. The molecule has 2 rings (SSSR count). The molecule has 0 saturated carbocycles. The molecule has 0 bridgehead atoms. The maximum atomic E-state index is 11.6. The molecule has 0 amide bonds. The molecule has 1 heterocycles. The van der Waals surface area contributed by atoms with E-state index in [0.717, 1.165) is 14.2 Å². The molecule has 0 aliphatic heterocycles. The Balaban J connectivity index is 2.63. The fourth-order valence-corrected chi connectivity index (χ4v) is 1.75. The molecule has 0 N–H and O–H groups in total. The largest absolute Gasteiger partial charge is 0.442 e.